The number of carbonyl (C=O) groups excluding carboxylic acids is 2. The van der Waals surface area contributed by atoms with Gasteiger partial charge in [-0.2, -0.15) is 0 Å². The molecule has 0 saturated heterocycles. The average Bonchev–Trinajstić information content (AvgIpc) is 2.93. The van der Waals surface area contributed by atoms with Crippen molar-refractivity contribution in [3.63, 3.8) is 0 Å². The van der Waals surface area contributed by atoms with Gasteiger partial charge < -0.3 is 25.0 Å². The Balaban J connectivity index is 0.000000883. The van der Waals surface area contributed by atoms with Gasteiger partial charge in [-0.05, 0) is 38.9 Å². The van der Waals surface area contributed by atoms with Crippen LogP contribution in [0.4, 0.5) is 5.69 Å². The lowest BCUT2D eigenvalue weighted by atomic mass is 9.80. The van der Waals surface area contributed by atoms with Gasteiger partial charge in [0.25, 0.3) is 5.69 Å². The number of nitro benzene ring substituents is 1. The summed E-state index contributed by atoms with van der Waals surface area (Å²) in [5.41, 5.74) is 2.85. The SMILES string of the molecule is CC(O)C(=O)O.COC(=O)C1=C(C)NC(C)=C(C(=O)OCCN(C)Cc2ccccc2)C1c1cccc([N+](=O)[O-])c1. The number of carboxylic acids is 1. The highest BCUT2D eigenvalue weighted by Gasteiger charge is 2.38. The number of dihydropyridines is 1. The molecule has 2 aromatic rings. The van der Waals surface area contributed by atoms with E-state index in [1.54, 1.807) is 19.9 Å². The standard InChI is InChI=1S/C26H29N3O6.C3H6O3/c1-17-22(25(30)34-4)24(20-11-8-12-21(15-20)29(32)33)23(18(2)27-17)26(31)35-14-13-28(3)16-19-9-6-5-7-10-19;1-2(4)3(5)6/h5-12,15,24,27H,13-14,16H2,1-4H3;2,4H,1H3,(H,5,6). The zero-order valence-electron chi connectivity index (χ0n) is 23.6. The van der Waals surface area contributed by atoms with Crippen LogP contribution < -0.4 is 5.32 Å². The first-order valence-electron chi connectivity index (χ1n) is 12.7. The molecule has 3 rings (SSSR count). The average molecular weight is 570 g/mol. The van der Waals surface area contributed by atoms with Crippen LogP contribution in [0, 0.1) is 10.1 Å². The van der Waals surface area contributed by atoms with Gasteiger partial charge in [-0.3, -0.25) is 15.0 Å². The summed E-state index contributed by atoms with van der Waals surface area (Å²) in [6, 6.07) is 15.8. The van der Waals surface area contributed by atoms with Crippen LogP contribution in [0.2, 0.25) is 0 Å². The summed E-state index contributed by atoms with van der Waals surface area (Å²) < 4.78 is 10.6. The molecule has 1 heterocycles. The Morgan fingerprint density at radius 3 is 2.17 bits per heavy atom. The third-order valence-electron chi connectivity index (χ3n) is 6.16. The molecule has 2 atom stereocenters. The van der Waals surface area contributed by atoms with Gasteiger partial charge in [-0.25, -0.2) is 14.4 Å². The minimum atomic E-state index is -1.23. The summed E-state index contributed by atoms with van der Waals surface area (Å²) in [4.78, 5) is 48.3. The maximum Gasteiger partial charge on any atom is 0.336 e. The van der Waals surface area contributed by atoms with E-state index in [9.17, 15) is 24.5 Å². The highest BCUT2D eigenvalue weighted by Crippen LogP contribution is 2.40. The van der Waals surface area contributed by atoms with Crippen molar-refractivity contribution < 1.29 is 39.0 Å². The predicted molar refractivity (Wildman–Crippen MR) is 149 cm³/mol. The molecule has 41 heavy (non-hydrogen) atoms. The molecule has 1 aliphatic rings. The van der Waals surface area contributed by atoms with E-state index < -0.39 is 34.9 Å². The third-order valence-corrected chi connectivity index (χ3v) is 6.16. The summed E-state index contributed by atoms with van der Waals surface area (Å²) >= 11 is 0. The lowest BCUT2D eigenvalue weighted by Gasteiger charge is -2.30. The first kappa shape index (κ1) is 32.7. The van der Waals surface area contributed by atoms with Gasteiger partial charge in [-0.1, -0.05) is 42.5 Å². The van der Waals surface area contributed by atoms with Gasteiger partial charge in [0.1, 0.15) is 12.7 Å². The number of esters is 2. The largest absolute Gasteiger partial charge is 0.479 e. The highest BCUT2D eigenvalue weighted by molar-refractivity contribution is 5.99. The van der Waals surface area contributed by atoms with Crippen LogP contribution in [0.15, 0.2) is 77.1 Å². The van der Waals surface area contributed by atoms with Crippen molar-refractivity contribution >= 4 is 23.6 Å². The summed E-state index contributed by atoms with van der Waals surface area (Å²) in [6.45, 7) is 5.94. The Morgan fingerprint density at radius 2 is 1.63 bits per heavy atom. The van der Waals surface area contributed by atoms with Crippen molar-refractivity contribution in [3.05, 3.63) is 98.4 Å². The maximum absolute atomic E-state index is 13.3. The number of nitrogens with zero attached hydrogens (tertiary/aromatic N) is 2. The Kier molecular flexibility index (Phi) is 12.2. The van der Waals surface area contributed by atoms with Gasteiger partial charge >= 0.3 is 17.9 Å². The summed E-state index contributed by atoms with van der Waals surface area (Å²) in [7, 11) is 3.18. The fourth-order valence-electron chi connectivity index (χ4n) is 4.14. The predicted octanol–water partition coefficient (Wildman–Crippen LogP) is 3.13. The number of benzene rings is 2. The Labute approximate surface area is 238 Å². The van der Waals surface area contributed by atoms with Crippen LogP contribution in [-0.2, 0) is 30.4 Å². The van der Waals surface area contributed by atoms with Crippen LogP contribution in [0.1, 0.15) is 37.8 Å². The van der Waals surface area contributed by atoms with Gasteiger partial charge in [0.2, 0.25) is 0 Å². The number of nitro groups is 1. The molecule has 3 N–H and O–H groups in total. The van der Waals surface area contributed by atoms with Gasteiger partial charge in [0.05, 0.1) is 29.1 Å². The number of methoxy groups -OCH3 is 1. The number of hydrogen-bond donors (Lipinski definition) is 3. The monoisotopic (exact) mass is 569 g/mol. The molecule has 0 aliphatic carbocycles. The van der Waals surface area contributed by atoms with E-state index in [1.165, 1.54) is 32.2 Å². The second kappa shape index (κ2) is 15.3. The van der Waals surface area contributed by atoms with Crippen LogP contribution in [-0.4, -0.2) is 71.4 Å². The topological polar surface area (TPSA) is 169 Å². The van der Waals surface area contributed by atoms with E-state index >= 15 is 0 Å². The molecule has 0 amide bonds. The van der Waals surface area contributed by atoms with E-state index in [-0.39, 0.29) is 23.4 Å². The van der Waals surface area contributed by atoms with E-state index in [2.05, 4.69) is 5.32 Å². The molecule has 0 radical (unpaired) electrons. The first-order valence-corrected chi connectivity index (χ1v) is 12.7. The number of ether oxygens (including phenoxy) is 2. The molecule has 0 spiro atoms. The summed E-state index contributed by atoms with van der Waals surface area (Å²) in [5, 5.41) is 30.2. The van der Waals surface area contributed by atoms with Crippen molar-refractivity contribution in [1.82, 2.24) is 10.2 Å². The van der Waals surface area contributed by atoms with Gasteiger partial charge in [-0.15, -0.1) is 0 Å². The molecule has 12 nitrogen and oxygen atoms in total. The second-order valence-corrected chi connectivity index (χ2v) is 9.35. The Bertz CT molecular complexity index is 1320. The molecule has 0 bridgehead atoms. The van der Waals surface area contributed by atoms with Crippen LogP contribution in [0.3, 0.4) is 0 Å². The third kappa shape index (κ3) is 9.26. The zero-order chi connectivity index (χ0) is 30.7. The van der Waals surface area contributed by atoms with Crippen molar-refractivity contribution in [2.45, 2.75) is 39.3 Å². The molecule has 0 aromatic heterocycles. The molecule has 12 heteroatoms. The summed E-state index contributed by atoms with van der Waals surface area (Å²) in [6.07, 6.45) is -1.23. The number of non-ortho nitro benzene ring substituents is 1. The number of carboxylic acid groups (broad SMARTS) is 1. The van der Waals surface area contributed by atoms with Gasteiger partial charge in [0.15, 0.2) is 0 Å². The van der Waals surface area contributed by atoms with Crippen molar-refractivity contribution in [2.24, 2.45) is 0 Å². The lowest BCUT2D eigenvalue weighted by molar-refractivity contribution is -0.384. The summed E-state index contributed by atoms with van der Waals surface area (Å²) in [5.74, 6) is -3.30. The van der Waals surface area contributed by atoms with Gasteiger partial charge in [0, 0.05) is 36.6 Å². The van der Waals surface area contributed by atoms with E-state index in [1.807, 2.05) is 42.3 Å². The normalized spacial score (nSPS) is 15.3. The first-order chi connectivity index (χ1) is 19.4. The quantitative estimate of drug-likeness (QED) is 0.218. The Hall–Kier alpha value is -4.55. The van der Waals surface area contributed by atoms with Crippen LogP contribution in [0.25, 0.3) is 0 Å². The highest BCUT2D eigenvalue weighted by atomic mass is 16.6. The molecule has 0 saturated carbocycles. The second-order valence-electron chi connectivity index (χ2n) is 9.35. The molecule has 0 fully saturated rings. The van der Waals surface area contributed by atoms with E-state index in [0.717, 1.165) is 5.56 Å². The minimum Gasteiger partial charge on any atom is -0.479 e. The molecular weight excluding hydrogens is 534 g/mol. The number of nitrogens with one attached hydrogen (secondary N) is 1. The smallest absolute Gasteiger partial charge is 0.336 e. The zero-order valence-corrected chi connectivity index (χ0v) is 23.6. The number of hydrogen-bond acceptors (Lipinski definition) is 10. The van der Waals surface area contributed by atoms with Crippen molar-refractivity contribution in [2.75, 3.05) is 27.3 Å². The van der Waals surface area contributed by atoms with Crippen LogP contribution >= 0.6 is 0 Å². The Morgan fingerprint density at radius 1 is 1.05 bits per heavy atom. The number of aliphatic hydroxyl groups is 1. The molecule has 220 valence electrons. The fourth-order valence-corrected chi connectivity index (χ4v) is 4.14. The lowest BCUT2D eigenvalue weighted by Crippen LogP contribution is -2.33. The van der Waals surface area contributed by atoms with E-state index in [0.29, 0.717) is 30.0 Å². The number of aliphatic hydroxyl groups excluding tert-OH is 1. The molecular formula is C29H35N3O9. The van der Waals surface area contributed by atoms with E-state index in [4.69, 9.17) is 19.7 Å². The van der Waals surface area contributed by atoms with Crippen molar-refractivity contribution in [3.8, 4) is 0 Å². The van der Waals surface area contributed by atoms with Crippen molar-refractivity contribution in [1.29, 1.82) is 0 Å². The number of allylic oxidation sites excluding steroid dienone is 2. The number of aliphatic carboxylic acids is 1. The number of likely N-dealkylation sites (N-methyl/N-ethyl adjacent to an activating group) is 1. The van der Waals surface area contributed by atoms with Crippen LogP contribution in [0.5, 0.6) is 0 Å². The molecule has 1 aliphatic heterocycles. The molecule has 2 aromatic carbocycles. The number of carbonyl (C=O) groups is 3. The fraction of sp³-hybridized carbons (Fsp3) is 0.345. The molecule has 2 unspecified atom stereocenters. The number of rotatable bonds is 10. The maximum atomic E-state index is 13.3. The minimum absolute atomic E-state index is 0.136.